The van der Waals surface area contributed by atoms with Gasteiger partial charge in [0.05, 0.1) is 10.6 Å². The number of nitro groups is 1. The second-order valence-corrected chi connectivity index (χ2v) is 4.84. The van der Waals surface area contributed by atoms with Gasteiger partial charge in [0, 0.05) is 17.7 Å². The summed E-state index contributed by atoms with van der Waals surface area (Å²) in [5.41, 5.74) is 1.18. The monoisotopic (exact) mass is 326 g/mol. The van der Waals surface area contributed by atoms with Crippen molar-refractivity contribution < 1.29 is 14.1 Å². The molecule has 120 valence electrons. The maximum Gasteiger partial charge on any atom is 0.294 e. The van der Waals surface area contributed by atoms with Gasteiger partial charge in [-0.2, -0.15) is 0 Å². The Hall–Kier alpha value is -3.55. The van der Waals surface area contributed by atoms with Crippen LogP contribution in [0.1, 0.15) is 0 Å². The number of halogens is 1. The Morgan fingerprint density at radius 1 is 1.17 bits per heavy atom. The quantitative estimate of drug-likeness (QED) is 0.443. The van der Waals surface area contributed by atoms with Crippen LogP contribution in [0.15, 0.2) is 54.6 Å². The third-order valence-corrected chi connectivity index (χ3v) is 3.36. The van der Waals surface area contributed by atoms with E-state index >= 15 is 0 Å². The number of nitro benzene ring substituents is 1. The molecule has 0 aliphatic heterocycles. The van der Waals surface area contributed by atoms with Gasteiger partial charge in [0.15, 0.2) is 5.82 Å². The van der Waals surface area contributed by atoms with E-state index in [1.807, 2.05) is 0 Å². The molecule has 1 N–H and O–H groups in total. The molecule has 1 heterocycles. The van der Waals surface area contributed by atoms with Crippen molar-refractivity contribution in [1.82, 2.24) is 9.78 Å². The van der Waals surface area contributed by atoms with Crippen LogP contribution in [0.5, 0.6) is 0 Å². The van der Waals surface area contributed by atoms with E-state index in [2.05, 4.69) is 10.4 Å². The molecule has 0 saturated carbocycles. The zero-order valence-electron chi connectivity index (χ0n) is 12.2. The highest BCUT2D eigenvalue weighted by atomic mass is 19.1. The van der Waals surface area contributed by atoms with Gasteiger partial charge in [0.2, 0.25) is 6.41 Å². The fourth-order valence-electron chi connectivity index (χ4n) is 2.32. The average Bonchev–Trinajstić information content (AvgIpc) is 2.99. The molecule has 0 fully saturated rings. The number of anilines is 1. The molecule has 1 aromatic heterocycles. The Labute approximate surface area is 135 Å². The van der Waals surface area contributed by atoms with Crippen molar-refractivity contribution in [2.45, 2.75) is 0 Å². The first kappa shape index (κ1) is 15.3. The van der Waals surface area contributed by atoms with Crippen molar-refractivity contribution in [2.75, 3.05) is 5.32 Å². The van der Waals surface area contributed by atoms with Crippen molar-refractivity contribution in [3.05, 3.63) is 70.5 Å². The largest absolute Gasteiger partial charge is 0.312 e. The number of aromatic nitrogens is 2. The number of amides is 1. The van der Waals surface area contributed by atoms with Crippen molar-refractivity contribution in [2.24, 2.45) is 0 Å². The van der Waals surface area contributed by atoms with Gasteiger partial charge in [0.25, 0.3) is 5.69 Å². The molecule has 0 atom stereocenters. The molecule has 1 amide bonds. The summed E-state index contributed by atoms with van der Waals surface area (Å²) in [5.74, 6) is -0.177. The van der Waals surface area contributed by atoms with Gasteiger partial charge in [-0.05, 0) is 30.3 Å². The molecule has 0 bridgehead atoms. The topological polar surface area (TPSA) is 90.1 Å². The van der Waals surface area contributed by atoms with Crippen LogP contribution in [0.25, 0.3) is 16.9 Å². The smallest absolute Gasteiger partial charge is 0.294 e. The van der Waals surface area contributed by atoms with Crippen LogP contribution in [-0.4, -0.2) is 21.1 Å². The van der Waals surface area contributed by atoms with Gasteiger partial charge in [-0.25, -0.2) is 9.07 Å². The standard InChI is InChI=1S/C16H11FN4O3/c17-12-7-5-11(6-8-12)15-9-16(18-10-22)19-20(15)13-3-1-2-4-14(13)21(23)24/h1-10H,(H,18,19,22). The van der Waals surface area contributed by atoms with E-state index in [-0.39, 0.29) is 17.2 Å². The molecule has 3 aromatic rings. The van der Waals surface area contributed by atoms with Gasteiger partial charge in [0.1, 0.15) is 11.5 Å². The molecule has 24 heavy (non-hydrogen) atoms. The maximum absolute atomic E-state index is 13.2. The summed E-state index contributed by atoms with van der Waals surface area (Å²) in [5, 5.41) is 17.9. The minimum atomic E-state index is -0.516. The number of carbonyl (C=O) groups is 1. The number of rotatable bonds is 5. The molecular weight excluding hydrogens is 315 g/mol. The van der Waals surface area contributed by atoms with Crippen LogP contribution in [0, 0.1) is 15.9 Å². The molecular formula is C16H11FN4O3. The lowest BCUT2D eigenvalue weighted by Gasteiger charge is -2.08. The molecule has 7 nitrogen and oxygen atoms in total. The summed E-state index contributed by atoms with van der Waals surface area (Å²) in [6.07, 6.45) is 0.459. The summed E-state index contributed by atoms with van der Waals surface area (Å²) in [6.45, 7) is 0. The summed E-state index contributed by atoms with van der Waals surface area (Å²) in [7, 11) is 0. The number of nitrogens with one attached hydrogen (secondary N) is 1. The predicted octanol–water partition coefficient (Wildman–Crippen LogP) is 3.15. The first-order chi connectivity index (χ1) is 11.6. The van der Waals surface area contributed by atoms with Crippen molar-refractivity contribution >= 4 is 17.9 Å². The first-order valence-corrected chi connectivity index (χ1v) is 6.90. The highest BCUT2D eigenvalue weighted by Crippen LogP contribution is 2.30. The van der Waals surface area contributed by atoms with Crippen LogP contribution in [0.4, 0.5) is 15.9 Å². The van der Waals surface area contributed by atoms with Crippen LogP contribution in [0.3, 0.4) is 0 Å². The number of benzene rings is 2. The zero-order chi connectivity index (χ0) is 17.1. The van der Waals surface area contributed by atoms with E-state index in [0.29, 0.717) is 17.7 Å². The molecule has 0 aliphatic carbocycles. The lowest BCUT2D eigenvalue weighted by Crippen LogP contribution is -2.04. The average molecular weight is 326 g/mol. The predicted molar refractivity (Wildman–Crippen MR) is 85.3 cm³/mol. The third-order valence-electron chi connectivity index (χ3n) is 3.36. The van der Waals surface area contributed by atoms with Gasteiger partial charge in [-0.3, -0.25) is 14.9 Å². The number of hydrogen-bond donors (Lipinski definition) is 1. The van der Waals surface area contributed by atoms with Crippen LogP contribution < -0.4 is 5.32 Å². The molecule has 0 unspecified atom stereocenters. The fraction of sp³-hybridized carbons (Fsp3) is 0. The minimum Gasteiger partial charge on any atom is -0.312 e. The Bertz CT molecular complexity index is 906. The number of para-hydroxylation sites is 2. The summed E-state index contributed by atoms with van der Waals surface area (Å²) >= 11 is 0. The highest BCUT2D eigenvalue weighted by molar-refractivity contribution is 5.74. The summed E-state index contributed by atoms with van der Waals surface area (Å²) in [6, 6.07) is 13.3. The normalized spacial score (nSPS) is 10.4. The Balaban J connectivity index is 2.22. The van der Waals surface area contributed by atoms with Gasteiger partial charge >= 0.3 is 0 Å². The molecule has 2 aromatic carbocycles. The van der Waals surface area contributed by atoms with Crippen LogP contribution in [0.2, 0.25) is 0 Å². The SMILES string of the molecule is O=CNc1cc(-c2ccc(F)cc2)n(-c2ccccc2[N+](=O)[O-])n1. The van der Waals surface area contributed by atoms with Crippen LogP contribution in [-0.2, 0) is 4.79 Å². The highest BCUT2D eigenvalue weighted by Gasteiger charge is 2.19. The lowest BCUT2D eigenvalue weighted by molar-refractivity contribution is -0.384. The summed E-state index contributed by atoms with van der Waals surface area (Å²) in [4.78, 5) is 21.4. The molecule has 8 heteroatoms. The number of nitrogens with zero attached hydrogens (tertiary/aromatic N) is 3. The van der Waals surface area contributed by atoms with E-state index in [4.69, 9.17) is 0 Å². The Morgan fingerprint density at radius 3 is 2.54 bits per heavy atom. The van der Waals surface area contributed by atoms with Gasteiger partial charge in [-0.15, -0.1) is 5.10 Å². The molecule has 0 saturated heterocycles. The third kappa shape index (κ3) is 2.84. The van der Waals surface area contributed by atoms with E-state index in [0.717, 1.165) is 0 Å². The second kappa shape index (κ2) is 6.29. The maximum atomic E-state index is 13.2. The van der Waals surface area contributed by atoms with E-state index in [9.17, 15) is 19.3 Å². The zero-order valence-corrected chi connectivity index (χ0v) is 12.2. The summed E-state index contributed by atoms with van der Waals surface area (Å²) < 4.78 is 14.5. The van der Waals surface area contributed by atoms with Gasteiger partial charge in [-0.1, -0.05) is 12.1 Å². The van der Waals surface area contributed by atoms with Crippen molar-refractivity contribution in [1.29, 1.82) is 0 Å². The van der Waals surface area contributed by atoms with Crippen LogP contribution >= 0.6 is 0 Å². The number of carbonyl (C=O) groups excluding carboxylic acids is 1. The Morgan fingerprint density at radius 2 is 1.88 bits per heavy atom. The molecule has 0 spiro atoms. The minimum absolute atomic E-state index is 0.137. The second-order valence-electron chi connectivity index (χ2n) is 4.84. The molecule has 0 aliphatic rings. The fourth-order valence-corrected chi connectivity index (χ4v) is 2.32. The van der Waals surface area contributed by atoms with Crippen molar-refractivity contribution in [3.63, 3.8) is 0 Å². The van der Waals surface area contributed by atoms with E-state index in [1.165, 1.54) is 35.0 Å². The molecule has 3 rings (SSSR count). The van der Waals surface area contributed by atoms with E-state index in [1.54, 1.807) is 24.3 Å². The first-order valence-electron chi connectivity index (χ1n) is 6.90. The number of hydrogen-bond acceptors (Lipinski definition) is 4. The van der Waals surface area contributed by atoms with Gasteiger partial charge < -0.3 is 5.32 Å². The lowest BCUT2D eigenvalue weighted by atomic mass is 10.1. The molecule has 0 radical (unpaired) electrons. The Kier molecular flexibility index (Phi) is 4.02. The van der Waals surface area contributed by atoms with E-state index < -0.39 is 10.7 Å². The van der Waals surface area contributed by atoms with Crippen molar-refractivity contribution in [3.8, 4) is 16.9 Å².